The van der Waals surface area contributed by atoms with Crippen molar-refractivity contribution in [2.45, 2.75) is 38.1 Å². The lowest BCUT2D eigenvalue weighted by Gasteiger charge is -2.22. The maximum absolute atomic E-state index is 13.3. The molecule has 0 bridgehead atoms. The summed E-state index contributed by atoms with van der Waals surface area (Å²) in [5.74, 6) is 0.369. The van der Waals surface area contributed by atoms with Crippen molar-refractivity contribution in [2.24, 2.45) is 5.41 Å². The van der Waals surface area contributed by atoms with E-state index in [9.17, 15) is 4.79 Å². The molecule has 0 radical (unpaired) electrons. The van der Waals surface area contributed by atoms with E-state index in [0.29, 0.717) is 11.9 Å². The van der Waals surface area contributed by atoms with Crippen LogP contribution in [0.25, 0.3) is 6.08 Å². The standard InChI is InChI=1S/C22H21NO/c24-21-22(11-10-17(14-22)12-16-6-2-1-3-7-16)15-19-13-18-8-4-5-9-20(18)23(19)21/h1-9,12,19H,10-11,13-15H2/b17-12+/t19-,22-/m0/s1. The quantitative estimate of drug-likeness (QED) is 0.753. The molecule has 2 nitrogen and oxygen atoms in total. The zero-order chi connectivity index (χ0) is 16.1. The second kappa shape index (κ2) is 5.07. The lowest BCUT2D eigenvalue weighted by atomic mass is 9.81. The molecule has 2 fully saturated rings. The van der Waals surface area contributed by atoms with Crippen molar-refractivity contribution in [3.8, 4) is 0 Å². The predicted molar refractivity (Wildman–Crippen MR) is 96.7 cm³/mol. The molecule has 24 heavy (non-hydrogen) atoms. The Labute approximate surface area is 142 Å². The first-order valence-corrected chi connectivity index (χ1v) is 8.91. The third-order valence-corrected chi connectivity index (χ3v) is 6.03. The Hall–Kier alpha value is -2.35. The van der Waals surface area contributed by atoms with Gasteiger partial charge in [0.05, 0.1) is 5.41 Å². The Balaban J connectivity index is 1.44. The van der Waals surface area contributed by atoms with Crippen LogP contribution in [-0.2, 0) is 11.2 Å². The van der Waals surface area contributed by atoms with Crippen LogP contribution in [-0.4, -0.2) is 11.9 Å². The number of allylic oxidation sites excluding steroid dienone is 1. The SMILES string of the molecule is O=C1N2c3ccccc3C[C@H]2C[C@@]12CC/C(=C\c1ccccc1)C2. The van der Waals surface area contributed by atoms with Gasteiger partial charge in [-0.3, -0.25) is 4.79 Å². The second-order valence-electron chi connectivity index (χ2n) is 7.54. The van der Waals surface area contributed by atoms with E-state index in [-0.39, 0.29) is 5.41 Å². The zero-order valence-electron chi connectivity index (χ0n) is 13.7. The number of rotatable bonds is 1. The Bertz CT molecular complexity index is 838. The topological polar surface area (TPSA) is 20.3 Å². The first-order valence-electron chi connectivity index (χ1n) is 8.91. The van der Waals surface area contributed by atoms with E-state index in [1.807, 2.05) is 6.07 Å². The molecular formula is C22H21NO. The van der Waals surface area contributed by atoms with Crippen LogP contribution in [0.5, 0.6) is 0 Å². The molecule has 1 saturated heterocycles. The molecule has 1 spiro atoms. The van der Waals surface area contributed by atoms with Crippen LogP contribution in [0.1, 0.15) is 36.8 Å². The fourth-order valence-electron chi connectivity index (χ4n) is 4.97. The minimum Gasteiger partial charge on any atom is -0.308 e. The molecule has 2 atom stereocenters. The third kappa shape index (κ3) is 1.99. The Morgan fingerprint density at radius 1 is 1.04 bits per heavy atom. The molecule has 2 aliphatic heterocycles. The van der Waals surface area contributed by atoms with Crippen LogP contribution in [0.3, 0.4) is 0 Å². The van der Waals surface area contributed by atoms with Gasteiger partial charge in [-0.15, -0.1) is 0 Å². The molecule has 2 heteroatoms. The minimum atomic E-state index is -0.140. The molecule has 5 rings (SSSR count). The predicted octanol–water partition coefficient (Wildman–Crippen LogP) is 4.60. The largest absolute Gasteiger partial charge is 0.308 e. The Morgan fingerprint density at radius 2 is 1.83 bits per heavy atom. The Morgan fingerprint density at radius 3 is 2.71 bits per heavy atom. The summed E-state index contributed by atoms with van der Waals surface area (Å²) in [6.07, 6.45) is 7.35. The lowest BCUT2D eigenvalue weighted by Crippen LogP contribution is -2.33. The van der Waals surface area contributed by atoms with E-state index in [1.54, 1.807) is 0 Å². The van der Waals surface area contributed by atoms with Gasteiger partial charge in [0.15, 0.2) is 0 Å². The minimum absolute atomic E-state index is 0.140. The highest BCUT2D eigenvalue weighted by Crippen LogP contribution is 2.55. The first kappa shape index (κ1) is 14.0. The third-order valence-electron chi connectivity index (χ3n) is 6.03. The van der Waals surface area contributed by atoms with Gasteiger partial charge in [-0.25, -0.2) is 0 Å². The van der Waals surface area contributed by atoms with Crippen molar-refractivity contribution in [3.05, 3.63) is 71.3 Å². The van der Waals surface area contributed by atoms with Gasteiger partial charge in [0.2, 0.25) is 5.91 Å². The van der Waals surface area contributed by atoms with E-state index >= 15 is 0 Å². The van der Waals surface area contributed by atoms with Crippen molar-refractivity contribution in [2.75, 3.05) is 4.90 Å². The number of hydrogen-bond acceptors (Lipinski definition) is 1. The van der Waals surface area contributed by atoms with Crippen LogP contribution in [0.2, 0.25) is 0 Å². The Kier molecular flexibility index (Phi) is 2.97. The number of carbonyl (C=O) groups is 1. The van der Waals surface area contributed by atoms with E-state index in [1.165, 1.54) is 16.7 Å². The average molecular weight is 315 g/mol. The van der Waals surface area contributed by atoms with Gasteiger partial charge >= 0.3 is 0 Å². The maximum atomic E-state index is 13.3. The number of amides is 1. The van der Waals surface area contributed by atoms with E-state index in [2.05, 4.69) is 59.5 Å². The second-order valence-corrected chi connectivity index (χ2v) is 7.54. The summed E-state index contributed by atoms with van der Waals surface area (Å²) < 4.78 is 0. The number of hydrogen-bond donors (Lipinski definition) is 0. The van der Waals surface area contributed by atoms with Crippen molar-refractivity contribution in [3.63, 3.8) is 0 Å². The van der Waals surface area contributed by atoms with Crippen LogP contribution in [0.15, 0.2) is 60.2 Å². The normalized spacial score (nSPS) is 29.5. The molecule has 2 aromatic rings. The summed E-state index contributed by atoms with van der Waals surface area (Å²) in [7, 11) is 0. The van der Waals surface area contributed by atoms with Crippen molar-refractivity contribution in [1.82, 2.24) is 0 Å². The molecule has 3 aliphatic rings. The van der Waals surface area contributed by atoms with Gasteiger partial charge in [0, 0.05) is 11.7 Å². The van der Waals surface area contributed by atoms with Crippen LogP contribution < -0.4 is 4.90 Å². The number of nitrogens with zero attached hydrogens (tertiary/aromatic N) is 1. The summed E-state index contributed by atoms with van der Waals surface area (Å²) in [4.78, 5) is 15.4. The van der Waals surface area contributed by atoms with Gasteiger partial charge < -0.3 is 4.90 Å². The number of anilines is 1. The molecule has 1 aliphatic carbocycles. The lowest BCUT2D eigenvalue weighted by molar-refractivity contribution is -0.125. The van der Waals surface area contributed by atoms with Crippen molar-refractivity contribution < 1.29 is 4.79 Å². The molecule has 0 aromatic heterocycles. The van der Waals surface area contributed by atoms with Crippen LogP contribution in [0.4, 0.5) is 5.69 Å². The van der Waals surface area contributed by atoms with Gasteiger partial charge in [-0.05, 0) is 49.3 Å². The number of benzene rings is 2. The zero-order valence-corrected chi connectivity index (χ0v) is 13.7. The van der Waals surface area contributed by atoms with E-state index in [0.717, 1.165) is 37.8 Å². The highest BCUT2D eigenvalue weighted by atomic mass is 16.2. The summed E-state index contributed by atoms with van der Waals surface area (Å²) in [5, 5.41) is 0. The van der Waals surface area contributed by atoms with Gasteiger partial charge in [-0.1, -0.05) is 60.2 Å². The first-order chi connectivity index (χ1) is 11.8. The van der Waals surface area contributed by atoms with Crippen molar-refractivity contribution in [1.29, 1.82) is 0 Å². The summed E-state index contributed by atoms with van der Waals surface area (Å²) in [6.45, 7) is 0. The van der Waals surface area contributed by atoms with Gasteiger partial charge in [0.1, 0.15) is 0 Å². The summed E-state index contributed by atoms with van der Waals surface area (Å²) in [6, 6.07) is 19.3. The smallest absolute Gasteiger partial charge is 0.233 e. The van der Waals surface area contributed by atoms with E-state index < -0.39 is 0 Å². The molecule has 0 N–H and O–H groups in total. The van der Waals surface area contributed by atoms with Crippen LogP contribution >= 0.6 is 0 Å². The summed E-state index contributed by atoms with van der Waals surface area (Å²) in [5.41, 5.74) is 5.04. The highest BCUT2D eigenvalue weighted by Gasteiger charge is 2.56. The number of fused-ring (bicyclic) bond motifs is 3. The molecule has 1 amide bonds. The van der Waals surface area contributed by atoms with Gasteiger partial charge in [-0.2, -0.15) is 0 Å². The van der Waals surface area contributed by atoms with Gasteiger partial charge in [0.25, 0.3) is 0 Å². The maximum Gasteiger partial charge on any atom is 0.233 e. The summed E-state index contributed by atoms with van der Waals surface area (Å²) >= 11 is 0. The van der Waals surface area contributed by atoms with Crippen molar-refractivity contribution >= 4 is 17.7 Å². The molecule has 2 aromatic carbocycles. The van der Waals surface area contributed by atoms with E-state index in [4.69, 9.17) is 0 Å². The number of carbonyl (C=O) groups excluding carboxylic acids is 1. The highest BCUT2D eigenvalue weighted by molar-refractivity contribution is 6.03. The molecule has 120 valence electrons. The monoisotopic (exact) mass is 315 g/mol. The van der Waals surface area contributed by atoms with Crippen LogP contribution in [0, 0.1) is 5.41 Å². The molecular weight excluding hydrogens is 294 g/mol. The average Bonchev–Trinajstić information content (AvgIpc) is 3.24. The molecule has 2 heterocycles. The molecule has 1 saturated carbocycles. The number of para-hydroxylation sites is 1. The fourth-order valence-corrected chi connectivity index (χ4v) is 4.97. The fraction of sp³-hybridized carbons (Fsp3) is 0.318. The molecule has 0 unspecified atom stereocenters.